The molecule has 0 nitrogen and oxygen atoms in total. The van der Waals surface area contributed by atoms with E-state index in [1.807, 2.05) is 5.92 Å². The zero-order valence-corrected chi connectivity index (χ0v) is 11.1. The molecule has 0 aliphatic rings. The molecule has 0 fully saturated rings. The van der Waals surface area contributed by atoms with E-state index in [2.05, 4.69) is 30.6 Å². The predicted octanol–water partition coefficient (Wildman–Crippen LogP) is 4.50. The zero-order valence-electron chi connectivity index (χ0n) is 11.1. The first-order chi connectivity index (χ1) is 8.41. The van der Waals surface area contributed by atoms with Gasteiger partial charge in [0.1, 0.15) is 0 Å². The molecule has 0 heteroatoms. The Hall–Kier alpha value is -1.32. The fourth-order valence-electron chi connectivity index (χ4n) is 1.69. The summed E-state index contributed by atoms with van der Waals surface area (Å²) in [6.07, 6.45) is 19.6. The highest BCUT2D eigenvalue weighted by Crippen LogP contribution is 2.09. The Morgan fingerprint density at radius 3 is 1.88 bits per heavy atom. The van der Waals surface area contributed by atoms with Crippen LogP contribution in [0.5, 0.6) is 0 Å². The molecule has 0 aliphatic heterocycles. The fraction of sp³-hybridized carbons (Fsp3) is 0.647. The maximum absolute atomic E-state index is 6.56. The van der Waals surface area contributed by atoms with Crippen LogP contribution in [0.2, 0.25) is 0 Å². The van der Waals surface area contributed by atoms with Crippen molar-refractivity contribution in [2.75, 3.05) is 0 Å². The van der Waals surface area contributed by atoms with Crippen molar-refractivity contribution in [3.05, 3.63) is 6.42 Å². The lowest BCUT2D eigenvalue weighted by molar-refractivity contribution is 0.567. The lowest BCUT2D eigenvalue weighted by Gasteiger charge is -1.99. The normalized spacial score (nSPS) is 8.47. The minimum absolute atomic E-state index is 0.933. The van der Waals surface area contributed by atoms with Crippen LogP contribution in [0.25, 0.3) is 0 Å². The maximum atomic E-state index is 6.56. The van der Waals surface area contributed by atoms with Gasteiger partial charge in [0.25, 0.3) is 0 Å². The summed E-state index contributed by atoms with van der Waals surface area (Å²) in [4.78, 5) is 0. The minimum Gasteiger partial charge on any atom is -0.0891 e. The summed E-state index contributed by atoms with van der Waals surface area (Å²) in [6, 6.07) is 0. The second-order valence-electron chi connectivity index (χ2n) is 4.26. The summed E-state index contributed by atoms with van der Waals surface area (Å²) >= 11 is 0. The van der Waals surface area contributed by atoms with E-state index in [1.54, 1.807) is 0 Å². The molecule has 0 aromatic carbocycles. The largest absolute Gasteiger partial charge is 0.0891 e. The molecule has 0 saturated carbocycles. The van der Waals surface area contributed by atoms with Gasteiger partial charge in [-0.1, -0.05) is 64.2 Å². The number of unbranched alkanes of at least 4 members (excludes halogenated alkanes) is 9. The first-order valence-corrected chi connectivity index (χ1v) is 6.81. The molecule has 91 valence electrons. The van der Waals surface area contributed by atoms with Gasteiger partial charge in [0, 0.05) is 6.42 Å². The van der Waals surface area contributed by atoms with Crippen molar-refractivity contribution in [2.24, 2.45) is 0 Å². The smallest absolute Gasteiger partial charge is 0.00989 e. The van der Waals surface area contributed by atoms with Gasteiger partial charge in [-0.15, -0.1) is 0 Å². The summed E-state index contributed by atoms with van der Waals surface area (Å²) in [5, 5.41) is 0. The molecular formula is C17H23. The molecule has 0 bridgehead atoms. The maximum Gasteiger partial charge on any atom is 0.00989 e. The van der Waals surface area contributed by atoms with Crippen LogP contribution in [0.3, 0.4) is 0 Å². The van der Waals surface area contributed by atoms with E-state index in [1.165, 1.54) is 57.8 Å². The van der Waals surface area contributed by atoms with E-state index in [0.29, 0.717) is 0 Å². The Morgan fingerprint density at radius 1 is 0.706 bits per heavy atom. The van der Waals surface area contributed by atoms with Crippen LogP contribution in [0.1, 0.15) is 71.1 Å². The van der Waals surface area contributed by atoms with Gasteiger partial charge in [-0.05, 0) is 36.5 Å². The molecule has 0 spiro atoms. The van der Waals surface area contributed by atoms with Crippen molar-refractivity contribution in [3.63, 3.8) is 0 Å². The molecule has 0 saturated heterocycles. The third-order valence-electron chi connectivity index (χ3n) is 2.68. The third-order valence-corrected chi connectivity index (χ3v) is 2.68. The molecule has 0 aromatic heterocycles. The van der Waals surface area contributed by atoms with Gasteiger partial charge < -0.3 is 0 Å². The van der Waals surface area contributed by atoms with Crippen molar-refractivity contribution < 1.29 is 0 Å². The minimum atomic E-state index is 0.933. The first kappa shape index (κ1) is 15.7. The molecule has 0 aliphatic carbocycles. The molecular weight excluding hydrogens is 204 g/mol. The van der Waals surface area contributed by atoms with E-state index >= 15 is 0 Å². The van der Waals surface area contributed by atoms with Gasteiger partial charge in [0.15, 0.2) is 0 Å². The number of rotatable bonds is 9. The lowest BCUT2D eigenvalue weighted by atomic mass is 10.1. The Kier molecular flexibility index (Phi) is 13.5. The van der Waals surface area contributed by atoms with Crippen LogP contribution < -0.4 is 0 Å². The Morgan fingerprint density at radius 2 is 1.29 bits per heavy atom. The molecule has 0 heterocycles. The van der Waals surface area contributed by atoms with Gasteiger partial charge >= 0.3 is 0 Å². The summed E-state index contributed by atoms with van der Waals surface area (Å²) in [7, 11) is 0. The van der Waals surface area contributed by atoms with Crippen LogP contribution in [-0.2, 0) is 0 Å². The highest BCUT2D eigenvalue weighted by Gasteiger charge is 1.90. The molecule has 17 heavy (non-hydrogen) atoms. The Bertz CT molecular complexity index is 308. The quantitative estimate of drug-likeness (QED) is 0.402. The summed E-state index contributed by atoms with van der Waals surface area (Å²) in [6.45, 7) is 2.26. The van der Waals surface area contributed by atoms with Gasteiger partial charge in [-0.25, -0.2) is 0 Å². The van der Waals surface area contributed by atoms with Gasteiger partial charge in [0.05, 0.1) is 0 Å². The van der Waals surface area contributed by atoms with E-state index in [4.69, 9.17) is 6.42 Å². The van der Waals surface area contributed by atoms with E-state index in [0.717, 1.165) is 6.42 Å². The van der Waals surface area contributed by atoms with Crippen molar-refractivity contribution in [2.45, 2.75) is 71.1 Å². The average molecular weight is 227 g/mol. The van der Waals surface area contributed by atoms with Crippen molar-refractivity contribution >= 4 is 0 Å². The zero-order chi connectivity index (χ0) is 12.6. The first-order valence-electron chi connectivity index (χ1n) is 6.81. The van der Waals surface area contributed by atoms with Crippen molar-refractivity contribution in [3.8, 4) is 29.6 Å². The van der Waals surface area contributed by atoms with E-state index in [-0.39, 0.29) is 0 Å². The Labute approximate surface area is 108 Å². The molecule has 0 unspecified atom stereocenters. The van der Waals surface area contributed by atoms with E-state index < -0.39 is 0 Å². The second kappa shape index (κ2) is 14.7. The molecule has 0 N–H and O–H groups in total. The van der Waals surface area contributed by atoms with Crippen LogP contribution in [0.15, 0.2) is 0 Å². The van der Waals surface area contributed by atoms with Gasteiger partial charge in [-0.3, -0.25) is 0 Å². The van der Waals surface area contributed by atoms with Crippen molar-refractivity contribution in [1.82, 2.24) is 0 Å². The van der Waals surface area contributed by atoms with Crippen molar-refractivity contribution in [1.29, 1.82) is 0 Å². The monoisotopic (exact) mass is 227 g/mol. The molecule has 0 rings (SSSR count). The van der Waals surface area contributed by atoms with Crippen LogP contribution in [-0.4, -0.2) is 0 Å². The summed E-state index contributed by atoms with van der Waals surface area (Å²) in [5.74, 6) is 12.6. The molecule has 0 atom stereocenters. The standard InChI is InChI=1S/C17H23/c1-3-5-7-9-11-13-15-17-16-14-12-10-8-6-4-2/h3,5,7,9,11,13-17H2,1H3. The summed E-state index contributed by atoms with van der Waals surface area (Å²) in [5.41, 5.74) is 0. The molecule has 0 amide bonds. The Balaban J connectivity index is 3.13. The second-order valence-corrected chi connectivity index (χ2v) is 4.26. The highest BCUT2D eigenvalue weighted by atomic mass is 14.0. The fourth-order valence-corrected chi connectivity index (χ4v) is 1.69. The van der Waals surface area contributed by atoms with Gasteiger partial charge in [0.2, 0.25) is 0 Å². The number of hydrogen-bond acceptors (Lipinski definition) is 0. The molecule has 1 radical (unpaired) electrons. The van der Waals surface area contributed by atoms with E-state index in [9.17, 15) is 0 Å². The third kappa shape index (κ3) is 14.7. The van der Waals surface area contributed by atoms with Crippen LogP contribution in [0, 0.1) is 36.0 Å². The highest BCUT2D eigenvalue weighted by molar-refractivity contribution is 5.32. The van der Waals surface area contributed by atoms with Gasteiger partial charge in [-0.2, -0.15) is 0 Å². The lowest BCUT2D eigenvalue weighted by Crippen LogP contribution is -1.80. The molecule has 0 aromatic rings. The van der Waals surface area contributed by atoms with Crippen LogP contribution >= 0.6 is 0 Å². The number of hydrogen-bond donors (Lipinski definition) is 0. The topological polar surface area (TPSA) is 0 Å². The predicted molar refractivity (Wildman–Crippen MR) is 74.5 cm³/mol. The summed E-state index contributed by atoms with van der Waals surface area (Å²) < 4.78 is 0. The average Bonchev–Trinajstić information content (AvgIpc) is 2.35. The SMILES string of the molecule is [C]#CC#CC#CCCCCCCCCCCC. The van der Waals surface area contributed by atoms with Crippen LogP contribution in [0.4, 0.5) is 0 Å².